The summed E-state index contributed by atoms with van der Waals surface area (Å²) in [5, 5.41) is 0.0903. The number of nitrogens with one attached hydrogen (secondary N) is 1. The molecule has 0 bridgehead atoms. The van der Waals surface area contributed by atoms with Gasteiger partial charge in [-0.15, -0.1) is 0 Å². The van der Waals surface area contributed by atoms with Gasteiger partial charge in [0, 0.05) is 18.8 Å². The van der Waals surface area contributed by atoms with Gasteiger partial charge in [0.25, 0.3) is 10.0 Å². The topological polar surface area (TPSA) is 64.0 Å². The molecule has 1 aromatic rings. The fraction of sp³-hybridized carbons (Fsp3) is 0.727. The number of hydrogen-bond donors (Lipinski definition) is 1. The molecule has 1 aromatic heterocycles. The van der Waals surface area contributed by atoms with Gasteiger partial charge in [0.05, 0.1) is 6.33 Å². The summed E-state index contributed by atoms with van der Waals surface area (Å²) in [6, 6.07) is 0.205. The molecule has 1 atom stereocenters. The van der Waals surface area contributed by atoms with Gasteiger partial charge < -0.3 is 4.57 Å². The fourth-order valence-electron chi connectivity index (χ4n) is 1.41. The van der Waals surface area contributed by atoms with Crippen LogP contribution in [-0.2, 0) is 10.0 Å². The predicted molar refractivity (Wildman–Crippen MR) is 75.3 cm³/mol. The third-order valence-corrected chi connectivity index (χ3v) is 4.73. The van der Waals surface area contributed by atoms with Crippen molar-refractivity contribution in [3.63, 3.8) is 0 Å². The molecule has 0 aliphatic carbocycles. The summed E-state index contributed by atoms with van der Waals surface area (Å²) < 4.78 is 28.3. The molecular formula is C11H21N3O2S2. The van der Waals surface area contributed by atoms with Crippen molar-refractivity contribution in [3.05, 3.63) is 12.5 Å². The lowest BCUT2D eigenvalue weighted by Crippen LogP contribution is -2.29. The number of thioether (sulfide) groups is 1. The number of nitrogens with zero attached hydrogens (tertiary/aromatic N) is 2. The average Bonchev–Trinajstić information content (AvgIpc) is 2.77. The van der Waals surface area contributed by atoms with E-state index >= 15 is 0 Å². The second kappa shape index (κ2) is 6.58. The minimum Gasteiger partial charge on any atom is -0.334 e. The number of rotatable bonds is 7. The summed E-state index contributed by atoms with van der Waals surface area (Å²) in [6.07, 6.45) is 5.12. The molecule has 7 heteroatoms. The van der Waals surface area contributed by atoms with Gasteiger partial charge >= 0.3 is 0 Å². The van der Waals surface area contributed by atoms with Gasteiger partial charge in [-0.3, -0.25) is 0 Å². The number of imidazole rings is 1. The van der Waals surface area contributed by atoms with Crippen molar-refractivity contribution in [1.82, 2.24) is 14.3 Å². The van der Waals surface area contributed by atoms with E-state index in [0.717, 1.165) is 5.75 Å². The molecule has 18 heavy (non-hydrogen) atoms. The van der Waals surface area contributed by atoms with Crippen molar-refractivity contribution in [2.45, 2.75) is 31.8 Å². The zero-order valence-corrected chi connectivity index (χ0v) is 12.9. The monoisotopic (exact) mass is 291 g/mol. The molecular weight excluding hydrogens is 270 g/mol. The smallest absolute Gasteiger partial charge is 0.259 e. The summed E-state index contributed by atoms with van der Waals surface area (Å²) in [6.45, 7) is 6.42. The van der Waals surface area contributed by atoms with E-state index in [9.17, 15) is 8.42 Å². The van der Waals surface area contributed by atoms with Gasteiger partial charge in [-0.1, -0.05) is 6.92 Å². The fourth-order valence-corrected chi connectivity index (χ4v) is 3.19. The molecule has 0 unspecified atom stereocenters. The SMILES string of the molecule is CSC[C@H](C)CNS(=O)(=O)c1cn(C(C)C)cn1. The molecule has 0 aromatic carbocycles. The molecule has 0 saturated heterocycles. The normalized spacial score (nSPS) is 14.1. The quantitative estimate of drug-likeness (QED) is 0.831. The second-order valence-corrected chi connectivity index (χ2v) is 7.29. The maximum Gasteiger partial charge on any atom is 0.259 e. The molecule has 1 heterocycles. The minimum atomic E-state index is -3.48. The summed E-state index contributed by atoms with van der Waals surface area (Å²) in [5.74, 6) is 1.24. The Kier molecular flexibility index (Phi) is 5.68. The van der Waals surface area contributed by atoms with Gasteiger partial charge in [-0.05, 0) is 31.8 Å². The van der Waals surface area contributed by atoms with Gasteiger partial charge in [0.2, 0.25) is 0 Å². The molecule has 0 spiro atoms. The Bertz CT molecular complexity index is 468. The molecule has 1 rings (SSSR count). The van der Waals surface area contributed by atoms with Gasteiger partial charge in [0.15, 0.2) is 5.03 Å². The van der Waals surface area contributed by atoms with E-state index in [0.29, 0.717) is 12.5 Å². The van der Waals surface area contributed by atoms with Crippen LogP contribution < -0.4 is 4.72 Å². The Balaban J connectivity index is 2.68. The highest BCUT2D eigenvalue weighted by molar-refractivity contribution is 7.98. The summed E-state index contributed by atoms with van der Waals surface area (Å²) in [5.41, 5.74) is 0. The van der Waals surface area contributed by atoms with Gasteiger partial charge in [0.1, 0.15) is 0 Å². The number of sulfonamides is 1. The summed E-state index contributed by atoms with van der Waals surface area (Å²) in [4.78, 5) is 3.94. The first-order chi connectivity index (χ1) is 8.36. The average molecular weight is 291 g/mol. The molecule has 104 valence electrons. The highest BCUT2D eigenvalue weighted by atomic mass is 32.2. The van der Waals surface area contributed by atoms with Crippen LogP contribution in [0.3, 0.4) is 0 Å². The van der Waals surface area contributed by atoms with Crippen LogP contribution in [0.4, 0.5) is 0 Å². The first kappa shape index (κ1) is 15.5. The number of aromatic nitrogens is 2. The van der Waals surface area contributed by atoms with Crippen LogP contribution in [0.25, 0.3) is 0 Å². The van der Waals surface area contributed by atoms with Crippen LogP contribution in [0.15, 0.2) is 17.6 Å². The lowest BCUT2D eigenvalue weighted by molar-refractivity contribution is 0.559. The maximum absolute atomic E-state index is 12.0. The van der Waals surface area contributed by atoms with E-state index in [4.69, 9.17) is 0 Å². The number of hydrogen-bond acceptors (Lipinski definition) is 4. The van der Waals surface area contributed by atoms with Crippen LogP contribution in [0, 0.1) is 5.92 Å². The van der Waals surface area contributed by atoms with Crippen LogP contribution in [0.1, 0.15) is 26.8 Å². The highest BCUT2D eigenvalue weighted by Crippen LogP contribution is 2.11. The Morgan fingerprint density at radius 3 is 2.61 bits per heavy atom. The molecule has 0 amide bonds. The summed E-state index contributed by atoms with van der Waals surface area (Å²) in [7, 11) is -3.48. The highest BCUT2D eigenvalue weighted by Gasteiger charge is 2.18. The molecule has 0 radical (unpaired) electrons. The third kappa shape index (κ3) is 4.29. The van der Waals surface area contributed by atoms with E-state index in [1.54, 1.807) is 28.9 Å². The Hall–Kier alpha value is -0.530. The minimum absolute atomic E-state index is 0.0903. The molecule has 5 nitrogen and oxygen atoms in total. The van der Waals surface area contributed by atoms with Crippen molar-refractivity contribution >= 4 is 21.8 Å². The van der Waals surface area contributed by atoms with Crippen LogP contribution >= 0.6 is 11.8 Å². The molecule has 0 fully saturated rings. The van der Waals surface area contributed by atoms with E-state index < -0.39 is 10.0 Å². The third-order valence-electron chi connectivity index (χ3n) is 2.52. The Morgan fingerprint density at radius 2 is 2.11 bits per heavy atom. The molecule has 0 aliphatic rings. The van der Waals surface area contributed by atoms with Gasteiger partial charge in [-0.25, -0.2) is 18.1 Å². The first-order valence-electron chi connectivity index (χ1n) is 5.89. The van der Waals surface area contributed by atoms with Crippen molar-refractivity contribution < 1.29 is 8.42 Å². The first-order valence-corrected chi connectivity index (χ1v) is 8.76. The lowest BCUT2D eigenvalue weighted by atomic mass is 10.2. The van der Waals surface area contributed by atoms with Gasteiger partial charge in [-0.2, -0.15) is 11.8 Å². The zero-order valence-electron chi connectivity index (χ0n) is 11.3. The van der Waals surface area contributed by atoms with Crippen molar-refractivity contribution in [2.75, 3.05) is 18.6 Å². The van der Waals surface area contributed by atoms with Crippen molar-refractivity contribution in [1.29, 1.82) is 0 Å². The zero-order chi connectivity index (χ0) is 13.8. The van der Waals surface area contributed by atoms with Crippen LogP contribution in [0.2, 0.25) is 0 Å². The van der Waals surface area contributed by atoms with Crippen LogP contribution in [0.5, 0.6) is 0 Å². The standard InChI is InChI=1S/C11H21N3O2S2/c1-9(2)14-6-11(12-8-14)18(15,16)13-5-10(3)7-17-4/h6,8-10,13H,5,7H2,1-4H3/t10-/m1/s1. The molecule has 0 aliphatic heterocycles. The maximum atomic E-state index is 12.0. The largest absolute Gasteiger partial charge is 0.334 e. The van der Waals surface area contributed by atoms with E-state index in [-0.39, 0.29) is 11.1 Å². The Morgan fingerprint density at radius 1 is 1.44 bits per heavy atom. The van der Waals surface area contributed by atoms with Crippen molar-refractivity contribution in [2.24, 2.45) is 5.92 Å². The van der Waals surface area contributed by atoms with E-state index in [1.807, 2.05) is 27.0 Å². The predicted octanol–water partition coefficient (Wildman–Crippen LogP) is 1.74. The molecule has 0 saturated carbocycles. The van der Waals surface area contributed by atoms with Crippen LogP contribution in [-0.4, -0.2) is 36.5 Å². The van der Waals surface area contributed by atoms with E-state index in [1.165, 1.54) is 0 Å². The van der Waals surface area contributed by atoms with Crippen molar-refractivity contribution in [3.8, 4) is 0 Å². The molecule has 1 N–H and O–H groups in total. The Labute approximate surface area is 113 Å². The van der Waals surface area contributed by atoms with E-state index in [2.05, 4.69) is 9.71 Å². The second-order valence-electron chi connectivity index (χ2n) is 4.67. The lowest BCUT2D eigenvalue weighted by Gasteiger charge is -2.10. The summed E-state index contributed by atoms with van der Waals surface area (Å²) >= 11 is 1.71.